The monoisotopic (exact) mass is 252 g/mol. The molecule has 0 fully saturated rings. The number of nitrogens with two attached hydrogens (primary N) is 1. The summed E-state index contributed by atoms with van der Waals surface area (Å²) in [4.78, 5) is 0. The van der Waals surface area contributed by atoms with Crippen molar-refractivity contribution < 1.29 is 4.74 Å². The highest BCUT2D eigenvalue weighted by molar-refractivity contribution is 5.79. The van der Waals surface area contributed by atoms with Crippen molar-refractivity contribution in [3.05, 3.63) is 60.8 Å². The van der Waals surface area contributed by atoms with Crippen molar-refractivity contribution in [2.45, 2.75) is 6.54 Å². The van der Waals surface area contributed by atoms with E-state index >= 15 is 0 Å². The van der Waals surface area contributed by atoms with E-state index in [1.165, 1.54) is 10.9 Å². The summed E-state index contributed by atoms with van der Waals surface area (Å²) < 4.78 is 7.91. The summed E-state index contributed by atoms with van der Waals surface area (Å²) in [7, 11) is 0. The van der Waals surface area contributed by atoms with Gasteiger partial charge in [-0.3, -0.25) is 0 Å². The maximum absolute atomic E-state index is 5.71. The van der Waals surface area contributed by atoms with Crippen LogP contribution >= 0.6 is 0 Å². The number of nitrogens with zero attached hydrogens (tertiary/aromatic N) is 1. The van der Waals surface area contributed by atoms with Gasteiger partial charge in [0.05, 0.1) is 6.54 Å². The van der Waals surface area contributed by atoms with Crippen molar-refractivity contribution in [3.63, 3.8) is 0 Å². The molecule has 2 N–H and O–H groups in total. The molecule has 0 bridgehead atoms. The standard InChI is InChI=1S/C16H16N2O/c17-14-5-7-15(8-6-14)19-12-11-18-10-9-13-3-1-2-4-16(13)18/h1-10H,11-12,17H2. The molecule has 0 radical (unpaired) electrons. The molecule has 96 valence electrons. The molecule has 3 aromatic rings. The molecule has 0 saturated carbocycles. The lowest BCUT2D eigenvalue weighted by molar-refractivity contribution is 0.300. The second-order valence-corrected chi connectivity index (χ2v) is 4.49. The molecule has 0 amide bonds. The third-order valence-electron chi connectivity index (χ3n) is 3.16. The van der Waals surface area contributed by atoms with Gasteiger partial charge in [-0.1, -0.05) is 18.2 Å². The van der Waals surface area contributed by atoms with E-state index in [-0.39, 0.29) is 0 Å². The summed E-state index contributed by atoms with van der Waals surface area (Å²) in [5, 5.41) is 1.26. The van der Waals surface area contributed by atoms with Crippen LogP contribution in [0, 0.1) is 0 Å². The van der Waals surface area contributed by atoms with Crippen molar-refractivity contribution in [1.29, 1.82) is 0 Å². The number of aromatic nitrogens is 1. The summed E-state index contributed by atoms with van der Waals surface area (Å²) in [6, 6.07) is 18.0. The van der Waals surface area contributed by atoms with Gasteiger partial charge < -0.3 is 15.0 Å². The Morgan fingerprint density at radius 1 is 0.947 bits per heavy atom. The molecule has 0 saturated heterocycles. The third-order valence-corrected chi connectivity index (χ3v) is 3.16. The largest absolute Gasteiger partial charge is 0.492 e. The first-order valence-corrected chi connectivity index (χ1v) is 6.35. The Morgan fingerprint density at radius 2 is 1.74 bits per heavy atom. The van der Waals surface area contributed by atoms with Gasteiger partial charge >= 0.3 is 0 Å². The molecule has 0 atom stereocenters. The molecule has 0 unspecified atom stereocenters. The zero-order valence-electron chi connectivity index (χ0n) is 10.6. The lowest BCUT2D eigenvalue weighted by atomic mass is 10.2. The topological polar surface area (TPSA) is 40.2 Å². The van der Waals surface area contributed by atoms with E-state index in [4.69, 9.17) is 10.5 Å². The van der Waals surface area contributed by atoms with E-state index in [1.54, 1.807) is 0 Å². The fraction of sp³-hybridized carbons (Fsp3) is 0.125. The maximum Gasteiger partial charge on any atom is 0.119 e. The van der Waals surface area contributed by atoms with Crippen LogP contribution in [0.25, 0.3) is 10.9 Å². The Morgan fingerprint density at radius 3 is 2.58 bits per heavy atom. The van der Waals surface area contributed by atoms with Crippen molar-refractivity contribution in [1.82, 2.24) is 4.57 Å². The summed E-state index contributed by atoms with van der Waals surface area (Å²) in [6.45, 7) is 1.47. The van der Waals surface area contributed by atoms with E-state index in [0.717, 1.165) is 18.0 Å². The number of nitrogen functional groups attached to an aromatic ring is 1. The minimum atomic E-state index is 0.641. The maximum atomic E-state index is 5.71. The first kappa shape index (κ1) is 11.7. The van der Waals surface area contributed by atoms with Crippen LogP contribution in [-0.2, 0) is 6.54 Å². The lowest BCUT2D eigenvalue weighted by Gasteiger charge is -2.08. The summed E-state index contributed by atoms with van der Waals surface area (Å²) in [5.41, 5.74) is 7.63. The number of fused-ring (bicyclic) bond motifs is 1. The van der Waals surface area contributed by atoms with Crippen LogP contribution in [0.4, 0.5) is 5.69 Å². The minimum absolute atomic E-state index is 0.641. The Kier molecular flexibility index (Phi) is 3.11. The molecular formula is C16H16N2O. The quantitative estimate of drug-likeness (QED) is 0.724. The first-order chi connectivity index (χ1) is 9.33. The predicted octanol–water partition coefficient (Wildman–Crippen LogP) is 3.30. The zero-order valence-corrected chi connectivity index (χ0v) is 10.6. The van der Waals surface area contributed by atoms with Gasteiger partial charge in [-0.2, -0.15) is 0 Å². The van der Waals surface area contributed by atoms with Crippen LogP contribution in [0.5, 0.6) is 5.75 Å². The average molecular weight is 252 g/mol. The van der Waals surface area contributed by atoms with Crippen LogP contribution in [-0.4, -0.2) is 11.2 Å². The zero-order chi connectivity index (χ0) is 13.1. The van der Waals surface area contributed by atoms with Gasteiger partial charge in [0.1, 0.15) is 12.4 Å². The SMILES string of the molecule is Nc1ccc(OCCn2ccc3ccccc32)cc1. The second-order valence-electron chi connectivity index (χ2n) is 4.49. The van der Waals surface area contributed by atoms with Crippen LogP contribution < -0.4 is 10.5 Å². The van der Waals surface area contributed by atoms with Crippen molar-refractivity contribution in [2.75, 3.05) is 12.3 Å². The van der Waals surface area contributed by atoms with Gasteiger partial charge in [-0.05, 0) is 41.8 Å². The van der Waals surface area contributed by atoms with Gasteiger partial charge in [-0.25, -0.2) is 0 Å². The Bertz CT molecular complexity index is 671. The summed E-state index contributed by atoms with van der Waals surface area (Å²) in [6.07, 6.45) is 2.09. The Balaban J connectivity index is 1.65. The Hall–Kier alpha value is -2.42. The number of ether oxygens (including phenoxy) is 1. The fourth-order valence-corrected chi connectivity index (χ4v) is 2.16. The number of rotatable bonds is 4. The fourth-order valence-electron chi connectivity index (χ4n) is 2.16. The smallest absolute Gasteiger partial charge is 0.119 e. The number of hydrogen-bond acceptors (Lipinski definition) is 2. The molecule has 2 aromatic carbocycles. The first-order valence-electron chi connectivity index (χ1n) is 6.35. The highest BCUT2D eigenvalue weighted by Gasteiger charge is 2.00. The van der Waals surface area contributed by atoms with Crippen LogP contribution in [0.2, 0.25) is 0 Å². The van der Waals surface area contributed by atoms with E-state index in [2.05, 4.69) is 41.1 Å². The molecule has 0 spiro atoms. The van der Waals surface area contributed by atoms with Crippen molar-refractivity contribution >= 4 is 16.6 Å². The van der Waals surface area contributed by atoms with E-state index in [0.29, 0.717) is 6.61 Å². The molecule has 1 heterocycles. The van der Waals surface area contributed by atoms with Gasteiger partial charge in [0.15, 0.2) is 0 Å². The number of para-hydroxylation sites is 1. The molecular weight excluding hydrogens is 236 g/mol. The molecule has 0 aliphatic heterocycles. The van der Waals surface area contributed by atoms with Gasteiger partial charge in [0.25, 0.3) is 0 Å². The van der Waals surface area contributed by atoms with Crippen molar-refractivity contribution in [3.8, 4) is 5.75 Å². The number of anilines is 1. The number of hydrogen-bond donors (Lipinski definition) is 1. The third kappa shape index (κ3) is 2.55. The molecule has 3 nitrogen and oxygen atoms in total. The van der Waals surface area contributed by atoms with Crippen LogP contribution in [0.1, 0.15) is 0 Å². The van der Waals surface area contributed by atoms with Crippen molar-refractivity contribution in [2.24, 2.45) is 0 Å². The molecule has 19 heavy (non-hydrogen) atoms. The molecule has 0 aliphatic carbocycles. The minimum Gasteiger partial charge on any atom is -0.492 e. The normalized spacial score (nSPS) is 10.7. The molecule has 3 heteroatoms. The summed E-state index contributed by atoms with van der Waals surface area (Å²) in [5.74, 6) is 0.852. The van der Waals surface area contributed by atoms with Crippen LogP contribution in [0.3, 0.4) is 0 Å². The van der Waals surface area contributed by atoms with Gasteiger partial charge in [0, 0.05) is 17.4 Å². The predicted molar refractivity (Wildman–Crippen MR) is 78.3 cm³/mol. The highest BCUT2D eigenvalue weighted by Crippen LogP contribution is 2.16. The molecule has 3 rings (SSSR count). The van der Waals surface area contributed by atoms with E-state index < -0.39 is 0 Å². The average Bonchev–Trinajstić information content (AvgIpc) is 2.85. The van der Waals surface area contributed by atoms with Gasteiger partial charge in [-0.15, -0.1) is 0 Å². The summed E-state index contributed by atoms with van der Waals surface area (Å²) >= 11 is 0. The number of benzene rings is 2. The highest BCUT2D eigenvalue weighted by atomic mass is 16.5. The molecule has 0 aliphatic rings. The second kappa shape index (κ2) is 5.06. The molecule has 1 aromatic heterocycles. The van der Waals surface area contributed by atoms with E-state index in [1.807, 2.05) is 24.3 Å². The van der Waals surface area contributed by atoms with E-state index in [9.17, 15) is 0 Å². The van der Waals surface area contributed by atoms with Crippen LogP contribution in [0.15, 0.2) is 60.8 Å². The van der Waals surface area contributed by atoms with Gasteiger partial charge in [0.2, 0.25) is 0 Å². The lowest BCUT2D eigenvalue weighted by Crippen LogP contribution is -2.07. The Labute approximate surface area is 112 Å².